The number of rotatable bonds is 14. The number of nitrogens with one attached hydrogen (secondary N) is 3. The maximum atomic E-state index is 13.8. The predicted octanol–water partition coefficient (Wildman–Crippen LogP) is 5.59. The molecule has 1 saturated heterocycles. The Morgan fingerprint density at radius 3 is 2.26 bits per heavy atom. The molecule has 4 rings (SSSR count). The fraction of sp³-hybridized carbons (Fsp3) is 0.444. The van der Waals surface area contributed by atoms with Crippen LogP contribution in [0.3, 0.4) is 0 Å². The van der Waals surface area contributed by atoms with E-state index in [1.54, 1.807) is 19.2 Å². The molecular weight excluding hydrogens is 609 g/mol. The zero-order chi connectivity index (χ0) is 34.0. The molecule has 0 radical (unpaired) electrons. The molecule has 11 heteroatoms. The number of hydrogen-bond acceptors (Lipinski definition) is 6. The molecule has 0 unspecified atom stereocenters. The minimum atomic E-state index is -4.40. The summed E-state index contributed by atoms with van der Waals surface area (Å²) in [7, 11) is 1.60. The zero-order valence-corrected chi connectivity index (χ0v) is 27.2. The number of amides is 2. The molecule has 0 bridgehead atoms. The van der Waals surface area contributed by atoms with Crippen molar-refractivity contribution in [3.8, 4) is 5.75 Å². The highest BCUT2D eigenvalue weighted by Crippen LogP contribution is 2.26. The van der Waals surface area contributed by atoms with Gasteiger partial charge in [-0.25, -0.2) is 0 Å². The number of ether oxygens (including phenoxy) is 1. The number of hydrogen-bond donors (Lipinski definition) is 4. The number of carbonyl (C=O) groups excluding carboxylic acids is 2. The largest absolute Gasteiger partial charge is 0.497 e. The maximum Gasteiger partial charge on any atom is 0.390 e. The zero-order valence-electron chi connectivity index (χ0n) is 27.2. The summed E-state index contributed by atoms with van der Waals surface area (Å²) in [4.78, 5) is 28.9. The minimum Gasteiger partial charge on any atom is -0.497 e. The number of aliphatic hydroxyl groups is 1. The summed E-state index contributed by atoms with van der Waals surface area (Å²) in [5, 5.41) is 20.2. The number of methoxy groups -OCH3 is 1. The Labute approximate surface area is 274 Å². The Kier molecular flexibility index (Phi) is 12.3. The highest BCUT2D eigenvalue weighted by molar-refractivity contribution is 6.01. The first-order chi connectivity index (χ1) is 22.3. The maximum absolute atomic E-state index is 13.8. The number of carbonyl (C=O) groups is 2. The Morgan fingerprint density at radius 2 is 1.60 bits per heavy atom. The number of piperidine rings is 1. The van der Waals surface area contributed by atoms with Crippen molar-refractivity contribution in [2.45, 2.75) is 69.8 Å². The van der Waals surface area contributed by atoms with Gasteiger partial charge in [-0.1, -0.05) is 42.5 Å². The van der Waals surface area contributed by atoms with Gasteiger partial charge >= 0.3 is 6.18 Å². The van der Waals surface area contributed by atoms with Gasteiger partial charge in [-0.2, -0.15) is 13.2 Å². The van der Waals surface area contributed by atoms with Crippen molar-refractivity contribution in [2.75, 3.05) is 38.2 Å². The lowest BCUT2D eigenvalue weighted by atomic mass is 9.93. The van der Waals surface area contributed by atoms with E-state index in [2.05, 4.69) is 20.9 Å². The fourth-order valence-electron chi connectivity index (χ4n) is 5.65. The smallest absolute Gasteiger partial charge is 0.390 e. The minimum absolute atomic E-state index is 0.0993. The van der Waals surface area contributed by atoms with Gasteiger partial charge in [-0.3, -0.25) is 9.59 Å². The summed E-state index contributed by atoms with van der Waals surface area (Å²) in [6, 6.07) is 21.1. The fourth-order valence-corrected chi connectivity index (χ4v) is 5.65. The molecule has 0 saturated carbocycles. The van der Waals surface area contributed by atoms with Crippen molar-refractivity contribution in [1.29, 1.82) is 0 Å². The van der Waals surface area contributed by atoms with Crippen LogP contribution in [0.4, 0.5) is 18.9 Å². The lowest BCUT2D eigenvalue weighted by molar-refractivity contribution is -0.133. The molecule has 3 aromatic rings. The predicted molar refractivity (Wildman–Crippen MR) is 177 cm³/mol. The van der Waals surface area contributed by atoms with Crippen LogP contribution in [0.25, 0.3) is 0 Å². The van der Waals surface area contributed by atoms with E-state index in [9.17, 15) is 27.9 Å². The van der Waals surface area contributed by atoms with E-state index in [4.69, 9.17) is 4.74 Å². The highest BCUT2D eigenvalue weighted by Gasteiger charge is 2.29. The molecule has 8 nitrogen and oxygen atoms in total. The summed E-state index contributed by atoms with van der Waals surface area (Å²) in [5.41, 5.74) is 2.28. The molecule has 0 spiro atoms. The number of halogens is 3. The van der Waals surface area contributed by atoms with Gasteiger partial charge in [0.2, 0.25) is 0 Å². The van der Waals surface area contributed by atoms with Gasteiger partial charge in [0.1, 0.15) is 5.75 Å². The molecule has 47 heavy (non-hydrogen) atoms. The second-order valence-electron chi connectivity index (χ2n) is 12.5. The third-order valence-electron chi connectivity index (χ3n) is 8.48. The van der Waals surface area contributed by atoms with E-state index in [0.29, 0.717) is 17.9 Å². The molecule has 1 aliphatic rings. The number of aliphatic hydroxyl groups excluding tert-OH is 1. The molecule has 4 N–H and O–H groups in total. The second-order valence-corrected chi connectivity index (χ2v) is 12.5. The summed E-state index contributed by atoms with van der Waals surface area (Å²) < 4.78 is 43.5. The van der Waals surface area contributed by atoms with Crippen LogP contribution in [0.2, 0.25) is 0 Å². The van der Waals surface area contributed by atoms with Crippen LogP contribution >= 0.6 is 0 Å². The van der Waals surface area contributed by atoms with Crippen molar-refractivity contribution in [2.24, 2.45) is 0 Å². The van der Waals surface area contributed by atoms with Crippen molar-refractivity contribution in [1.82, 2.24) is 16.0 Å². The van der Waals surface area contributed by atoms with E-state index in [1.807, 2.05) is 68.4 Å². The third-order valence-corrected chi connectivity index (χ3v) is 8.48. The summed E-state index contributed by atoms with van der Waals surface area (Å²) >= 11 is 0. The van der Waals surface area contributed by atoms with Crippen LogP contribution in [-0.4, -0.2) is 68.5 Å². The number of alkyl halides is 3. The Hall–Kier alpha value is -4.09. The van der Waals surface area contributed by atoms with Crippen LogP contribution in [0.1, 0.15) is 71.4 Å². The van der Waals surface area contributed by atoms with Crippen molar-refractivity contribution in [3.63, 3.8) is 0 Å². The quantitative estimate of drug-likeness (QED) is 0.181. The topological polar surface area (TPSA) is 103 Å². The van der Waals surface area contributed by atoms with Gasteiger partial charge in [0.25, 0.3) is 11.8 Å². The van der Waals surface area contributed by atoms with E-state index >= 15 is 0 Å². The first-order valence-corrected chi connectivity index (χ1v) is 16.0. The van der Waals surface area contributed by atoms with Crippen molar-refractivity contribution >= 4 is 17.5 Å². The van der Waals surface area contributed by atoms with E-state index in [0.717, 1.165) is 43.5 Å². The summed E-state index contributed by atoms with van der Waals surface area (Å²) in [6.07, 6.45) is -3.24. The number of benzene rings is 3. The van der Waals surface area contributed by atoms with Gasteiger partial charge in [-0.15, -0.1) is 0 Å². The third kappa shape index (κ3) is 10.7. The van der Waals surface area contributed by atoms with Crippen molar-refractivity contribution in [3.05, 3.63) is 95.1 Å². The van der Waals surface area contributed by atoms with Crippen LogP contribution in [0, 0.1) is 0 Å². The van der Waals surface area contributed by atoms with Crippen LogP contribution in [-0.2, 0) is 12.0 Å². The lowest BCUT2D eigenvalue weighted by Crippen LogP contribution is -2.51. The molecule has 1 fully saturated rings. The highest BCUT2D eigenvalue weighted by atomic mass is 19.4. The first kappa shape index (κ1) is 35.8. The van der Waals surface area contributed by atoms with Gasteiger partial charge in [0.15, 0.2) is 0 Å². The van der Waals surface area contributed by atoms with E-state index in [-0.39, 0.29) is 17.7 Å². The van der Waals surface area contributed by atoms with Gasteiger partial charge in [0.05, 0.1) is 25.7 Å². The van der Waals surface area contributed by atoms with Gasteiger partial charge in [0, 0.05) is 48.5 Å². The monoisotopic (exact) mass is 654 g/mol. The van der Waals surface area contributed by atoms with Crippen LogP contribution in [0.5, 0.6) is 5.75 Å². The molecule has 2 amide bonds. The summed E-state index contributed by atoms with van der Waals surface area (Å²) in [5.74, 6) is -0.473. The molecule has 2 atom stereocenters. The molecule has 254 valence electrons. The van der Waals surface area contributed by atoms with Crippen LogP contribution < -0.4 is 25.6 Å². The molecule has 3 aromatic carbocycles. The molecular formula is C36H45F3N4O4. The molecule has 0 aromatic heterocycles. The Bertz CT molecular complexity index is 1480. The molecule has 1 aliphatic heterocycles. The average Bonchev–Trinajstić information content (AvgIpc) is 3.07. The normalized spacial score (nSPS) is 15.1. The SMILES string of the molecule is COc1cccc(C(C)(C)NC[C@@H](O)[C@H](Cc2ccccc2)NC(=O)c2cc(C(=O)NCCC(F)(F)F)cc(N3CCCCC3)c2)c1. The first-order valence-electron chi connectivity index (χ1n) is 16.0. The average molecular weight is 655 g/mol. The number of nitrogens with zero attached hydrogens (tertiary/aromatic N) is 1. The van der Waals surface area contributed by atoms with Gasteiger partial charge < -0.3 is 30.7 Å². The van der Waals surface area contributed by atoms with Crippen molar-refractivity contribution < 1.29 is 32.6 Å². The Balaban J connectivity index is 1.56. The summed E-state index contributed by atoms with van der Waals surface area (Å²) in [6.45, 7) is 5.05. The molecule has 1 heterocycles. The Morgan fingerprint density at radius 1 is 0.915 bits per heavy atom. The lowest BCUT2D eigenvalue weighted by Gasteiger charge is -2.32. The van der Waals surface area contributed by atoms with Gasteiger partial charge in [-0.05, 0) is 81.0 Å². The van der Waals surface area contributed by atoms with E-state index in [1.165, 1.54) is 6.07 Å². The number of anilines is 1. The standard InChI is InChI=1S/C36H45F3N4O4/c1-35(2,28-13-10-14-30(23-28)47-3)41-24-32(44)31(19-25-11-6-4-7-12-25)42-34(46)27-20-26(33(45)40-16-15-36(37,38)39)21-29(22-27)43-17-8-5-9-18-43/h4,6-7,10-14,20-23,31-32,41,44H,5,8-9,15-19,24H2,1-3H3,(H,40,45)(H,42,46)/t31-,32+/m0/s1. The van der Waals surface area contributed by atoms with E-state index < -0.39 is 48.6 Å². The van der Waals surface area contributed by atoms with Crippen LogP contribution in [0.15, 0.2) is 72.8 Å². The molecule has 0 aliphatic carbocycles. The second kappa shape index (κ2) is 16.1.